The molecular weight excluding hydrogens is 248 g/mol. The summed E-state index contributed by atoms with van der Waals surface area (Å²) in [6.45, 7) is 7.15. The molecule has 6 heteroatoms. The Bertz CT molecular complexity index is 409. The second-order valence-electron chi connectivity index (χ2n) is 4.28. The van der Waals surface area contributed by atoms with Gasteiger partial charge in [-0.2, -0.15) is 0 Å². The van der Waals surface area contributed by atoms with Crippen LogP contribution >= 0.6 is 11.8 Å². The number of nitrogens with two attached hydrogens (primary N) is 1. The van der Waals surface area contributed by atoms with Gasteiger partial charge in [-0.05, 0) is 12.3 Å². The lowest BCUT2D eigenvalue weighted by Crippen LogP contribution is -2.14. The van der Waals surface area contributed by atoms with Crippen molar-refractivity contribution in [2.75, 3.05) is 17.6 Å². The number of nitrogens with one attached hydrogen (secondary N) is 1. The molecule has 0 fully saturated rings. The number of hydrogen-bond acceptors (Lipinski definition) is 5. The van der Waals surface area contributed by atoms with Crippen molar-refractivity contribution < 1.29 is 4.79 Å². The van der Waals surface area contributed by atoms with Crippen molar-refractivity contribution in [2.24, 2.45) is 5.73 Å². The zero-order chi connectivity index (χ0) is 13.5. The number of thioether (sulfide) groups is 1. The lowest BCUT2D eigenvalue weighted by atomic mass is 10.1. The van der Waals surface area contributed by atoms with Gasteiger partial charge in [0.2, 0.25) is 5.91 Å². The first-order valence-electron chi connectivity index (χ1n) is 6.06. The van der Waals surface area contributed by atoms with Gasteiger partial charge >= 0.3 is 0 Å². The highest BCUT2D eigenvalue weighted by Crippen LogP contribution is 2.31. The summed E-state index contributed by atoms with van der Waals surface area (Å²) in [7, 11) is 0. The SMILES string of the molecule is CCCNc1ncnc(SCC(N)=O)c1C(C)C. The Labute approximate surface area is 112 Å². The summed E-state index contributed by atoms with van der Waals surface area (Å²) in [5, 5.41) is 4.12. The number of nitrogens with zero attached hydrogens (tertiary/aromatic N) is 2. The molecule has 0 aliphatic rings. The second-order valence-corrected chi connectivity index (χ2v) is 5.24. The molecule has 1 aromatic heterocycles. The lowest BCUT2D eigenvalue weighted by molar-refractivity contribution is -0.115. The molecule has 0 radical (unpaired) electrons. The van der Waals surface area contributed by atoms with Crippen LogP contribution in [0.25, 0.3) is 0 Å². The van der Waals surface area contributed by atoms with Gasteiger partial charge in [-0.1, -0.05) is 32.5 Å². The van der Waals surface area contributed by atoms with Crippen LogP contribution in [0.15, 0.2) is 11.4 Å². The molecule has 0 aromatic carbocycles. The summed E-state index contributed by atoms with van der Waals surface area (Å²) in [5.74, 6) is 1.05. The average Bonchev–Trinajstić information content (AvgIpc) is 2.33. The molecule has 1 amide bonds. The molecular formula is C12H20N4OS. The van der Waals surface area contributed by atoms with Crippen LogP contribution in [0.3, 0.4) is 0 Å². The maximum atomic E-state index is 10.9. The third-order valence-electron chi connectivity index (χ3n) is 2.32. The van der Waals surface area contributed by atoms with Crippen molar-refractivity contribution >= 4 is 23.5 Å². The molecule has 0 aliphatic carbocycles. The number of anilines is 1. The summed E-state index contributed by atoms with van der Waals surface area (Å²) >= 11 is 1.37. The van der Waals surface area contributed by atoms with Crippen molar-refractivity contribution in [3.63, 3.8) is 0 Å². The number of carbonyl (C=O) groups excluding carboxylic acids is 1. The monoisotopic (exact) mass is 268 g/mol. The minimum Gasteiger partial charge on any atom is -0.370 e. The maximum absolute atomic E-state index is 10.9. The van der Waals surface area contributed by atoms with Crippen molar-refractivity contribution in [3.8, 4) is 0 Å². The van der Waals surface area contributed by atoms with Gasteiger partial charge in [0.1, 0.15) is 17.2 Å². The van der Waals surface area contributed by atoms with E-state index in [-0.39, 0.29) is 11.7 Å². The van der Waals surface area contributed by atoms with Gasteiger partial charge < -0.3 is 11.1 Å². The molecule has 18 heavy (non-hydrogen) atoms. The van der Waals surface area contributed by atoms with Gasteiger partial charge in [-0.3, -0.25) is 4.79 Å². The molecule has 100 valence electrons. The van der Waals surface area contributed by atoms with E-state index in [1.807, 2.05) is 0 Å². The van der Waals surface area contributed by atoms with E-state index < -0.39 is 0 Å². The first-order valence-corrected chi connectivity index (χ1v) is 7.04. The molecule has 0 saturated heterocycles. The fourth-order valence-corrected chi connectivity index (χ4v) is 2.43. The number of rotatable bonds is 7. The molecule has 3 N–H and O–H groups in total. The van der Waals surface area contributed by atoms with Crippen LogP contribution in [0.5, 0.6) is 0 Å². The maximum Gasteiger partial charge on any atom is 0.227 e. The molecule has 0 atom stereocenters. The van der Waals surface area contributed by atoms with Gasteiger partial charge in [0.25, 0.3) is 0 Å². The van der Waals surface area contributed by atoms with Crippen molar-refractivity contribution in [1.29, 1.82) is 0 Å². The summed E-state index contributed by atoms with van der Waals surface area (Å²) in [5.41, 5.74) is 6.22. The molecule has 1 aromatic rings. The van der Waals surface area contributed by atoms with Crippen molar-refractivity contribution in [3.05, 3.63) is 11.9 Å². The van der Waals surface area contributed by atoms with E-state index in [4.69, 9.17) is 5.73 Å². The quantitative estimate of drug-likeness (QED) is 0.584. The number of primary amides is 1. The van der Waals surface area contributed by atoms with E-state index in [2.05, 4.69) is 36.1 Å². The molecule has 0 unspecified atom stereocenters. The Balaban J connectivity index is 2.97. The number of aromatic nitrogens is 2. The topological polar surface area (TPSA) is 80.9 Å². The normalized spacial score (nSPS) is 10.7. The second kappa shape index (κ2) is 7.20. The van der Waals surface area contributed by atoms with Crippen LogP contribution in [-0.4, -0.2) is 28.2 Å². The zero-order valence-corrected chi connectivity index (χ0v) is 11.9. The standard InChI is InChI=1S/C12H20N4OS/c1-4-5-14-11-10(8(2)3)12(16-7-15-11)18-6-9(13)17/h7-8H,4-6H2,1-3H3,(H2,13,17)(H,14,15,16). The Morgan fingerprint density at radius 2 is 2.22 bits per heavy atom. The zero-order valence-electron chi connectivity index (χ0n) is 11.1. The van der Waals surface area contributed by atoms with Gasteiger partial charge in [-0.15, -0.1) is 0 Å². The number of carbonyl (C=O) groups is 1. The van der Waals surface area contributed by atoms with Crippen molar-refractivity contribution in [2.45, 2.75) is 38.1 Å². The summed E-state index contributed by atoms with van der Waals surface area (Å²) < 4.78 is 0. The summed E-state index contributed by atoms with van der Waals surface area (Å²) in [6.07, 6.45) is 2.55. The van der Waals surface area contributed by atoms with E-state index in [0.717, 1.165) is 29.4 Å². The Kier molecular flexibility index (Phi) is 5.91. The summed E-state index contributed by atoms with van der Waals surface area (Å²) in [4.78, 5) is 19.4. The van der Waals surface area contributed by atoms with Crippen LogP contribution in [-0.2, 0) is 4.79 Å². The van der Waals surface area contributed by atoms with Crippen LogP contribution in [0.2, 0.25) is 0 Å². The van der Waals surface area contributed by atoms with Gasteiger partial charge in [0, 0.05) is 12.1 Å². The Morgan fingerprint density at radius 3 is 2.78 bits per heavy atom. The van der Waals surface area contributed by atoms with E-state index in [1.165, 1.54) is 18.1 Å². The number of amides is 1. The predicted molar refractivity (Wildman–Crippen MR) is 74.8 cm³/mol. The Hall–Kier alpha value is -1.30. The Morgan fingerprint density at radius 1 is 1.50 bits per heavy atom. The molecule has 0 aliphatic heterocycles. The number of hydrogen-bond donors (Lipinski definition) is 2. The summed E-state index contributed by atoms with van der Waals surface area (Å²) in [6, 6.07) is 0. The lowest BCUT2D eigenvalue weighted by Gasteiger charge is -2.16. The third kappa shape index (κ3) is 4.18. The predicted octanol–water partition coefficient (Wildman–Crippen LogP) is 2.00. The van der Waals surface area contributed by atoms with Gasteiger partial charge in [-0.25, -0.2) is 9.97 Å². The van der Waals surface area contributed by atoms with E-state index in [9.17, 15) is 4.79 Å². The third-order valence-corrected chi connectivity index (χ3v) is 3.35. The van der Waals surface area contributed by atoms with Crippen LogP contribution in [0, 0.1) is 0 Å². The van der Waals surface area contributed by atoms with Crippen molar-refractivity contribution in [1.82, 2.24) is 9.97 Å². The average molecular weight is 268 g/mol. The van der Waals surface area contributed by atoms with E-state index >= 15 is 0 Å². The molecule has 1 rings (SSSR count). The molecule has 0 saturated carbocycles. The van der Waals surface area contributed by atoms with E-state index in [0.29, 0.717) is 5.92 Å². The smallest absolute Gasteiger partial charge is 0.227 e. The first kappa shape index (κ1) is 14.8. The van der Waals surface area contributed by atoms with Gasteiger partial charge in [0.15, 0.2) is 0 Å². The highest BCUT2D eigenvalue weighted by atomic mass is 32.2. The molecule has 0 bridgehead atoms. The van der Waals surface area contributed by atoms with Crippen LogP contribution in [0.4, 0.5) is 5.82 Å². The fourth-order valence-electron chi connectivity index (χ4n) is 1.54. The van der Waals surface area contributed by atoms with Crippen LogP contribution in [0.1, 0.15) is 38.7 Å². The largest absolute Gasteiger partial charge is 0.370 e. The molecule has 5 nitrogen and oxygen atoms in total. The fraction of sp³-hybridized carbons (Fsp3) is 0.583. The van der Waals surface area contributed by atoms with Crippen LogP contribution < -0.4 is 11.1 Å². The van der Waals surface area contributed by atoms with Gasteiger partial charge in [0.05, 0.1) is 5.75 Å². The highest BCUT2D eigenvalue weighted by molar-refractivity contribution is 7.99. The highest BCUT2D eigenvalue weighted by Gasteiger charge is 2.15. The minimum absolute atomic E-state index is 0.240. The minimum atomic E-state index is -0.337. The van der Waals surface area contributed by atoms with E-state index in [1.54, 1.807) is 0 Å². The molecule has 1 heterocycles. The molecule has 0 spiro atoms. The first-order chi connectivity index (χ1) is 8.56.